The molecular weight excluding hydrogens is 412 g/mol. The molecule has 1 atom stereocenters. The van der Waals surface area contributed by atoms with Crippen LogP contribution >= 0.6 is 11.8 Å². The first-order valence-electron chi connectivity index (χ1n) is 9.52. The van der Waals surface area contributed by atoms with E-state index >= 15 is 0 Å². The van der Waals surface area contributed by atoms with E-state index in [2.05, 4.69) is 16.9 Å². The maximum atomic E-state index is 12.9. The van der Waals surface area contributed by atoms with Crippen molar-refractivity contribution in [3.63, 3.8) is 0 Å². The van der Waals surface area contributed by atoms with Gasteiger partial charge in [0.05, 0.1) is 34.4 Å². The molecule has 1 saturated heterocycles. The van der Waals surface area contributed by atoms with Gasteiger partial charge in [0.25, 0.3) is 0 Å². The number of hydrogen-bond donors (Lipinski definition) is 1. The van der Waals surface area contributed by atoms with Crippen LogP contribution in [0.2, 0.25) is 0 Å². The Labute approximate surface area is 175 Å². The summed E-state index contributed by atoms with van der Waals surface area (Å²) in [6.45, 7) is 9.98. The predicted octanol–water partition coefficient (Wildman–Crippen LogP) is 1.86. The van der Waals surface area contributed by atoms with Crippen LogP contribution in [0.25, 0.3) is 11.0 Å². The number of carbonyl (C=O) groups is 1. The van der Waals surface area contributed by atoms with Crippen molar-refractivity contribution in [1.29, 1.82) is 0 Å². The van der Waals surface area contributed by atoms with Crippen LogP contribution in [0.15, 0.2) is 40.9 Å². The summed E-state index contributed by atoms with van der Waals surface area (Å²) in [5, 5.41) is 3.12. The average Bonchev–Trinajstić information content (AvgIpc) is 3.08. The summed E-state index contributed by atoms with van der Waals surface area (Å²) in [7, 11) is -3.59. The van der Waals surface area contributed by atoms with Crippen molar-refractivity contribution in [2.75, 3.05) is 32.8 Å². The van der Waals surface area contributed by atoms with Crippen molar-refractivity contribution in [1.82, 2.24) is 19.2 Å². The Balaban J connectivity index is 1.89. The van der Waals surface area contributed by atoms with E-state index in [9.17, 15) is 13.2 Å². The summed E-state index contributed by atoms with van der Waals surface area (Å²) >= 11 is 1.35. The molecule has 1 aromatic carbocycles. The zero-order valence-corrected chi connectivity index (χ0v) is 18.3. The van der Waals surface area contributed by atoms with Gasteiger partial charge in [-0.15, -0.1) is 6.58 Å². The van der Waals surface area contributed by atoms with Crippen LogP contribution in [0, 0.1) is 0 Å². The Bertz CT molecular complexity index is 997. The predicted molar refractivity (Wildman–Crippen MR) is 114 cm³/mol. The number of amides is 1. The van der Waals surface area contributed by atoms with Gasteiger partial charge in [0, 0.05) is 26.2 Å². The SMILES string of the molecule is C=CCNC(=O)[C@H](C)Sc1nc2cc(S(=O)(=O)N3CCOCC3)ccc2n1CC. The van der Waals surface area contributed by atoms with E-state index in [-0.39, 0.29) is 16.1 Å². The van der Waals surface area contributed by atoms with Crippen LogP contribution in [-0.2, 0) is 26.1 Å². The Morgan fingerprint density at radius 3 is 2.79 bits per heavy atom. The van der Waals surface area contributed by atoms with E-state index in [0.29, 0.717) is 50.1 Å². The number of benzene rings is 1. The number of aryl methyl sites for hydroxylation is 1. The van der Waals surface area contributed by atoms with Crippen LogP contribution in [0.4, 0.5) is 0 Å². The average molecular weight is 439 g/mol. The summed E-state index contributed by atoms with van der Waals surface area (Å²) in [5.41, 5.74) is 1.44. The number of nitrogens with zero attached hydrogens (tertiary/aromatic N) is 3. The highest BCUT2D eigenvalue weighted by molar-refractivity contribution is 8.00. The lowest BCUT2D eigenvalue weighted by atomic mass is 10.3. The topological polar surface area (TPSA) is 93.5 Å². The third-order valence-corrected chi connectivity index (χ3v) is 7.67. The molecule has 3 rings (SSSR count). The van der Waals surface area contributed by atoms with Gasteiger partial charge in [-0.3, -0.25) is 4.79 Å². The molecule has 1 aliphatic heterocycles. The first kappa shape index (κ1) is 21.8. The Morgan fingerprint density at radius 2 is 2.14 bits per heavy atom. The van der Waals surface area contributed by atoms with E-state index < -0.39 is 10.0 Å². The molecule has 10 heteroatoms. The van der Waals surface area contributed by atoms with Gasteiger partial charge in [-0.25, -0.2) is 13.4 Å². The fourth-order valence-electron chi connectivity index (χ4n) is 3.11. The molecule has 158 valence electrons. The third-order valence-electron chi connectivity index (χ3n) is 4.68. The highest BCUT2D eigenvalue weighted by Gasteiger charge is 2.27. The fourth-order valence-corrected chi connectivity index (χ4v) is 5.55. The van der Waals surface area contributed by atoms with Crippen molar-refractivity contribution in [2.24, 2.45) is 0 Å². The third kappa shape index (κ3) is 4.66. The minimum Gasteiger partial charge on any atom is -0.379 e. The lowest BCUT2D eigenvalue weighted by Gasteiger charge is -2.26. The van der Waals surface area contributed by atoms with Gasteiger partial charge in [-0.05, 0) is 32.0 Å². The summed E-state index contributed by atoms with van der Waals surface area (Å²) < 4.78 is 34.5. The second-order valence-corrected chi connectivity index (χ2v) is 9.85. The molecule has 0 aliphatic carbocycles. The number of hydrogen-bond acceptors (Lipinski definition) is 6. The van der Waals surface area contributed by atoms with Crippen molar-refractivity contribution >= 4 is 38.7 Å². The lowest BCUT2D eigenvalue weighted by molar-refractivity contribution is -0.120. The number of nitrogens with one attached hydrogen (secondary N) is 1. The second-order valence-electron chi connectivity index (χ2n) is 6.60. The fraction of sp³-hybridized carbons (Fsp3) is 0.474. The van der Waals surface area contributed by atoms with Crippen LogP contribution in [0.1, 0.15) is 13.8 Å². The standard InChI is InChI=1S/C19H26N4O4S2/c1-4-8-20-18(24)14(3)28-19-21-16-13-15(6-7-17(16)23(19)5-2)29(25,26)22-9-11-27-12-10-22/h4,6-7,13-14H,1,5,8-12H2,2-3H3,(H,20,24)/t14-/m0/s1. The van der Waals surface area contributed by atoms with E-state index in [1.54, 1.807) is 24.3 Å². The zero-order chi connectivity index (χ0) is 21.0. The molecule has 8 nitrogen and oxygen atoms in total. The van der Waals surface area contributed by atoms with Gasteiger partial charge < -0.3 is 14.6 Å². The molecule has 1 aromatic heterocycles. The highest BCUT2D eigenvalue weighted by Crippen LogP contribution is 2.29. The number of fused-ring (bicyclic) bond motifs is 1. The molecule has 2 aromatic rings. The maximum Gasteiger partial charge on any atom is 0.243 e. The summed E-state index contributed by atoms with van der Waals surface area (Å²) in [5.74, 6) is -0.0970. The van der Waals surface area contributed by atoms with Gasteiger partial charge in [0.1, 0.15) is 0 Å². The molecule has 2 heterocycles. The van der Waals surface area contributed by atoms with Crippen molar-refractivity contribution in [3.8, 4) is 0 Å². The summed E-state index contributed by atoms with van der Waals surface area (Å²) in [6, 6.07) is 5.01. The molecule has 0 unspecified atom stereocenters. The summed E-state index contributed by atoms with van der Waals surface area (Å²) in [4.78, 5) is 17.0. The van der Waals surface area contributed by atoms with E-state index in [0.717, 1.165) is 5.52 Å². The molecule has 0 saturated carbocycles. The summed E-state index contributed by atoms with van der Waals surface area (Å²) in [6.07, 6.45) is 1.63. The molecule has 0 radical (unpaired) electrons. The van der Waals surface area contributed by atoms with Crippen LogP contribution in [0.5, 0.6) is 0 Å². The highest BCUT2D eigenvalue weighted by atomic mass is 32.2. The molecular formula is C19H26N4O4S2. The van der Waals surface area contributed by atoms with Gasteiger partial charge in [-0.2, -0.15) is 4.31 Å². The minimum atomic E-state index is -3.59. The van der Waals surface area contributed by atoms with Gasteiger partial charge in [0.2, 0.25) is 15.9 Å². The molecule has 29 heavy (non-hydrogen) atoms. The number of aromatic nitrogens is 2. The molecule has 1 amide bonds. The Kier molecular flexibility index (Phi) is 6.99. The molecule has 0 bridgehead atoms. The van der Waals surface area contributed by atoms with Crippen molar-refractivity contribution in [3.05, 3.63) is 30.9 Å². The number of imidazole rings is 1. The quantitative estimate of drug-likeness (QED) is 0.500. The Hall–Kier alpha value is -1.88. The number of sulfonamides is 1. The van der Waals surface area contributed by atoms with Crippen LogP contribution < -0.4 is 5.32 Å². The van der Waals surface area contributed by atoms with E-state index in [1.165, 1.54) is 16.1 Å². The molecule has 1 fully saturated rings. The van der Waals surface area contributed by atoms with Crippen LogP contribution in [0.3, 0.4) is 0 Å². The van der Waals surface area contributed by atoms with Crippen molar-refractivity contribution < 1.29 is 17.9 Å². The number of carbonyl (C=O) groups excluding carboxylic acids is 1. The maximum absolute atomic E-state index is 12.9. The first-order valence-corrected chi connectivity index (χ1v) is 11.8. The van der Waals surface area contributed by atoms with Crippen LogP contribution in [-0.4, -0.2) is 66.3 Å². The Morgan fingerprint density at radius 1 is 1.41 bits per heavy atom. The van der Waals surface area contributed by atoms with E-state index in [1.807, 2.05) is 18.4 Å². The smallest absolute Gasteiger partial charge is 0.243 e. The minimum absolute atomic E-state index is 0.0970. The first-order chi connectivity index (χ1) is 13.9. The molecule has 0 spiro atoms. The second kappa shape index (κ2) is 9.29. The largest absolute Gasteiger partial charge is 0.379 e. The lowest BCUT2D eigenvalue weighted by Crippen LogP contribution is -2.40. The number of ether oxygens (including phenoxy) is 1. The van der Waals surface area contributed by atoms with Gasteiger partial charge >= 0.3 is 0 Å². The number of rotatable bonds is 8. The zero-order valence-electron chi connectivity index (χ0n) is 16.6. The molecule has 1 N–H and O–H groups in total. The van der Waals surface area contributed by atoms with Crippen molar-refractivity contribution in [2.45, 2.75) is 35.7 Å². The van der Waals surface area contributed by atoms with E-state index in [4.69, 9.17) is 4.74 Å². The number of thioether (sulfide) groups is 1. The normalized spacial score (nSPS) is 16.6. The van der Waals surface area contributed by atoms with Gasteiger partial charge in [-0.1, -0.05) is 17.8 Å². The molecule has 1 aliphatic rings. The monoisotopic (exact) mass is 438 g/mol. The van der Waals surface area contributed by atoms with Gasteiger partial charge in [0.15, 0.2) is 5.16 Å². The number of morpholine rings is 1.